The average Bonchev–Trinajstić information content (AvgIpc) is 3.40. The van der Waals surface area contributed by atoms with Gasteiger partial charge in [-0.25, -0.2) is 19.9 Å². The van der Waals surface area contributed by atoms with Gasteiger partial charge in [-0.2, -0.15) is 13.2 Å². The zero-order chi connectivity index (χ0) is 28.4. The van der Waals surface area contributed by atoms with Gasteiger partial charge in [0.1, 0.15) is 0 Å². The molecule has 6 rings (SSSR count). The van der Waals surface area contributed by atoms with E-state index in [1.165, 1.54) is 19.2 Å². The summed E-state index contributed by atoms with van der Waals surface area (Å²) in [6.45, 7) is 3.37. The maximum absolute atomic E-state index is 13.0. The molecule has 0 amide bonds. The molecule has 2 aromatic carbocycles. The van der Waals surface area contributed by atoms with E-state index < -0.39 is 11.7 Å². The van der Waals surface area contributed by atoms with Gasteiger partial charge in [0.25, 0.3) is 0 Å². The molecule has 0 bridgehead atoms. The molecule has 5 aromatic rings. The quantitative estimate of drug-likeness (QED) is 0.277. The molecule has 1 fully saturated rings. The summed E-state index contributed by atoms with van der Waals surface area (Å²) >= 11 is 0. The number of halogens is 3. The number of alkyl halides is 3. The summed E-state index contributed by atoms with van der Waals surface area (Å²) in [5, 5.41) is 3.37. The predicted molar refractivity (Wildman–Crippen MR) is 148 cm³/mol. The van der Waals surface area contributed by atoms with Crippen molar-refractivity contribution < 1.29 is 22.6 Å². The van der Waals surface area contributed by atoms with Gasteiger partial charge in [-0.05, 0) is 48.0 Å². The fraction of sp³-hybridized carbons (Fsp3) is 0.241. The number of fused-ring (bicyclic) bond motifs is 1. The smallest absolute Gasteiger partial charge is 0.416 e. The molecule has 0 radical (unpaired) electrons. The molecule has 1 aliphatic rings. The number of pyridine rings is 1. The van der Waals surface area contributed by atoms with Crippen LogP contribution in [0.25, 0.3) is 22.6 Å². The number of methoxy groups -OCH3 is 1. The summed E-state index contributed by atoms with van der Waals surface area (Å²) in [7, 11) is 1.54. The summed E-state index contributed by atoms with van der Waals surface area (Å²) in [5.41, 5.74) is 3.63. The largest absolute Gasteiger partial charge is 0.481 e. The molecule has 210 valence electrons. The lowest BCUT2D eigenvalue weighted by atomic mass is 10.1. The van der Waals surface area contributed by atoms with Crippen LogP contribution in [0.15, 0.2) is 73.2 Å². The van der Waals surface area contributed by atoms with E-state index in [-0.39, 0.29) is 6.54 Å². The highest BCUT2D eigenvalue weighted by atomic mass is 19.4. The van der Waals surface area contributed by atoms with Crippen molar-refractivity contribution in [1.82, 2.24) is 24.5 Å². The van der Waals surface area contributed by atoms with Crippen LogP contribution in [-0.4, -0.2) is 57.9 Å². The SMILES string of the molecule is COc1ccc(-c2nc(Nc3ccc(N4CCOCC4)cc3)c3ncn(Cc4ccc(C(F)(F)F)cc4)c3n2)cn1. The predicted octanol–water partition coefficient (Wildman–Crippen LogP) is 5.54. The Hall–Kier alpha value is -4.71. The number of aromatic nitrogens is 5. The van der Waals surface area contributed by atoms with Gasteiger partial charge in [-0.1, -0.05) is 12.1 Å². The van der Waals surface area contributed by atoms with E-state index in [1.54, 1.807) is 23.2 Å². The Labute approximate surface area is 233 Å². The fourth-order valence-corrected chi connectivity index (χ4v) is 4.62. The van der Waals surface area contributed by atoms with Gasteiger partial charge in [0.2, 0.25) is 5.88 Å². The van der Waals surface area contributed by atoms with E-state index >= 15 is 0 Å². The third-order valence-electron chi connectivity index (χ3n) is 6.81. The third-order valence-corrected chi connectivity index (χ3v) is 6.81. The molecule has 1 N–H and O–H groups in total. The van der Waals surface area contributed by atoms with Crippen molar-refractivity contribution in [3.05, 3.63) is 84.3 Å². The maximum atomic E-state index is 13.0. The van der Waals surface area contributed by atoms with Crippen LogP contribution in [-0.2, 0) is 17.5 Å². The molecule has 0 spiro atoms. The van der Waals surface area contributed by atoms with E-state index in [4.69, 9.17) is 19.4 Å². The molecule has 9 nitrogen and oxygen atoms in total. The Balaban J connectivity index is 1.35. The minimum atomic E-state index is -4.39. The van der Waals surface area contributed by atoms with Crippen LogP contribution < -0.4 is 15.0 Å². The minimum absolute atomic E-state index is 0.277. The summed E-state index contributed by atoms with van der Waals surface area (Å²) < 4.78 is 51.5. The van der Waals surface area contributed by atoms with E-state index in [9.17, 15) is 13.2 Å². The molecular formula is C29H26F3N7O2. The van der Waals surface area contributed by atoms with Crippen LogP contribution in [0.4, 0.5) is 30.4 Å². The number of nitrogens with zero attached hydrogens (tertiary/aromatic N) is 6. The molecule has 4 heterocycles. The first-order valence-corrected chi connectivity index (χ1v) is 13.0. The molecule has 0 unspecified atom stereocenters. The number of nitrogens with one attached hydrogen (secondary N) is 1. The van der Waals surface area contributed by atoms with Crippen molar-refractivity contribution in [3.63, 3.8) is 0 Å². The number of hydrogen-bond donors (Lipinski definition) is 1. The average molecular weight is 562 g/mol. The van der Waals surface area contributed by atoms with Crippen LogP contribution >= 0.6 is 0 Å². The fourth-order valence-electron chi connectivity index (χ4n) is 4.62. The molecule has 1 aliphatic heterocycles. The van der Waals surface area contributed by atoms with Crippen molar-refractivity contribution in [1.29, 1.82) is 0 Å². The summed E-state index contributed by atoms with van der Waals surface area (Å²) in [4.78, 5) is 20.6. The molecule has 0 atom stereocenters. The molecule has 3 aromatic heterocycles. The van der Waals surface area contributed by atoms with Gasteiger partial charge in [-0.15, -0.1) is 0 Å². The van der Waals surface area contributed by atoms with Crippen molar-refractivity contribution in [3.8, 4) is 17.3 Å². The summed E-state index contributed by atoms with van der Waals surface area (Å²) in [6, 6.07) is 16.6. The Morgan fingerprint density at radius 3 is 2.34 bits per heavy atom. The van der Waals surface area contributed by atoms with Gasteiger partial charge >= 0.3 is 6.18 Å². The Bertz CT molecular complexity index is 1630. The summed E-state index contributed by atoms with van der Waals surface area (Å²) in [6.07, 6.45) is -1.16. The lowest BCUT2D eigenvalue weighted by Gasteiger charge is -2.28. The number of rotatable bonds is 7. The van der Waals surface area contributed by atoms with Gasteiger partial charge in [0.15, 0.2) is 22.8 Å². The van der Waals surface area contributed by atoms with Crippen molar-refractivity contribution in [2.24, 2.45) is 0 Å². The van der Waals surface area contributed by atoms with Crippen molar-refractivity contribution in [2.75, 3.05) is 43.6 Å². The van der Waals surface area contributed by atoms with E-state index in [0.29, 0.717) is 53.0 Å². The first-order chi connectivity index (χ1) is 19.9. The molecular weight excluding hydrogens is 535 g/mol. The molecule has 12 heteroatoms. The Kier molecular flexibility index (Phi) is 7.14. The minimum Gasteiger partial charge on any atom is -0.481 e. The maximum Gasteiger partial charge on any atom is 0.416 e. The van der Waals surface area contributed by atoms with Crippen molar-refractivity contribution in [2.45, 2.75) is 12.7 Å². The van der Waals surface area contributed by atoms with E-state index in [0.717, 1.165) is 36.6 Å². The first-order valence-electron chi connectivity index (χ1n) is 13.0. The molecule has 0 aliphatic carbocycles. The lowest BCUT2D eigenvalue weighted by Crippen LogP contribution is -2.36. The summed E-state index contributed by atoms with van der Waals surface area (Å²) in [5.74, 6) is 1.36. The number of benzene rings is 2. The second kappa shape index (κ2) is 11.0. The number of anilines is 3. The number of ether oxygens (including phenoxy) is 2. The van der Waals surface area contributed by atoms with E-state index in [1.807, 2.05) is 30.3 Å². The molecule has 0 saturated carbocycles. The van der Waals surface area contributed by atoms with Gasteiger partial charge in [0, 0.05) is 42.3 Å². The van der Waals surface area contributed by atoms with Gasteiger partial charge in [0.05, 0.1) is 38.8 Å². The third kappa shape index (κ3) is 5.78. The lowest BCUT2D eigenvalue weighted by molar-refractivity contribution is -0.137. The number of hydrogen-bond acceptors (Lipinski definition) is 8. The Morgan fingerprint density at radius 2 is 1.68 bits per heavy atom. The monoisotopic (exact) mass is 561 g/mol. The molecule has 1 saturated heterocycles. The van der Waals surface area contributed by atoms with Gasteiger partial charge in [-0.3, -0.25) is 0 Å². The van der Waals surface area contributed by atoms with E-state index in [2.05, 4.69) is 20.2 Å². The van der Waals surface area contributed by atoms with Crippen LogP contribution in [0, 0.1) is 0 Å². The number of morpholine rings is 1. The second-order valence-corrected chi connectivity index (χ2v) is 9.50. The first kappa shape index (κ1) is 26.5. The van der Waals surface area contributed by atoms with Gasteiger partial charge < -0.3 is 24.3 Å². The highest BCUT2D eigenvalue weighted by molar-refractivity contribution is 5.87. The second-order valence-electron chi connectivity index (χ2n) is 9.50. The highest BCUT2D eigenvalue weighted by Crippen LogP contribution is 2.31. The zero-order valence-electron chi connectivity index (χ0n) is 22.1. The Morgan fingerprint density at radius 1 is 0.927 bits per heavy atom. The van der Waals surface area contributed by atoms with Crippen LogP contribution in [0.3, 0.4) is 0 Å². The normalized spacial score (nSPS) is 13.9. The topological polar surface area (TPSA) is 90.2 Å². The number of imidazole rings is 1. The van der Waals surface area contributed by atoms with Crippen molar-refractivity contribution >= 4 is 28.4 Å². The zero-order valence-corrected chi connectivity index (χ0v) is 22.1. The highest BCUT2D eigenvalue weighted by Gasteiger charge is 2.30. The van der Waals surface area contributed by atoms with Crippen LogP contribution in [0.2, 0.25) is 0 Å². The molecule has 41 heavy (non-hydrogen) atoms. The van der Waals surface area contributed by atoms with Crippen LogP contribution in [0.1, 0.15) is 11.1 Å². The van der Waals surface area contributed by atoms with Crippen LogP contribution in [0.5, 0.6) is 5.88 Å². The standard InChI is InChI=1S/C29H26F3N7O2/c1-40-24-11-4-20(16-33-24)26-36-27(35-22-7-9-23(10-8-22)38-12-14-41-15-13-38)25-28(37-26)39(18-34-25)17-19-2-5-21(6-3-19)29(30,31)32/h2-11,16,18H,12-15,17H2,1H3,(H,35,36,37).